The van der Waals surface area contributed by atoms with Crippen molar-refractivity contribution in [3.63, 3.8) is 0 Å². The first-order chi connectivity index (χ1) is 15.6. The Morgan fingerprint density at radius 1 is 1.12 bits per heavy atom. The lowest BCUT2D eigenvalue weighted by atomic mass is 10.1. The van der Waals surface area contributed by atoms with Gasteiger partial charge in [-0.1, -0.05) is 12.1 Å². The number of carbonyl (C=O) groups is 1. The molecule has 1 aliphatic rings. The summed E-state index contributed by atoms with van der Waals surface area (Å²) in [4.78, 5) is 27.4. The molecule has 1 saturated heterocycles. The molecule has 5 rings (SSSR count). The number of carbonyl (C=O) groups excluding carboxylic acids is 1. The molecule has 0 saturated carbocycles. The summed E-state index contributed by atoms with van der Waals surface area (Å²) in [5.41, 5.74) is 1.50. The van der Waals surface area contributed by atoms with E-state index in [1.807, 2.05) is 25.1 Å². The van der Waals surface area contributed by atoms with Crippen LogP contribution in [-0.4, -0.2) is 42.1 Å². The fourth-order valence-electron chi connectivity index (χ4n) is 4.04. The van der Waals surface area contributed by atoms with Gasteiger partial charge in [0.1, 0.15) is 28.6 Å². The highest BCUT2D eigenvalue weighted by molar-refractivity contribution is 7.20. The van der Waals surface area contributed by atoms with Crippen LogP contribution in [0.25, 0.3) is 10.2 Å². The van der Waals surface area contributed by atoms with E-state index in [0.29, 0.717) is 49.0 Å². The van der Waals surface area contributed by atoms with Crippen molar-refractivity contribution >= 4 is 39.0 Å². The number of furan rings is 1. The Hall–Kier alpha value is -3.46. The molecule has 4 aromatic rings. The first kappa shape index (κ1) is 20.4. The molecule has 0 unspecified atom stereocenters. The van der Waals surface area contributed by atoms with E-state index in [1.165, 1.54) is 17.4 Å². The molecule has 32 heavy (non-hydrogen) atoms. The second kappa shape index (κ2) is 8.58. The highest BCUT2D eigenvalue weighted by atomic mass is 32.1. The van der Waals surface area contributed by atoms with Crippen LogP contribution in [-0.2, 0) is 6.54 Å². The number of piperazine rings is 1. The van der Waals surface area contributed by atoms with Crippen LogP contribution in [0.4, 0.5) is 15.9 Å². The fourth-order valence-corrected chi connectivity index (χ4v) is 5.10. The maximum Gasteiger partial charge on any atom is 0.262 e. The smallest absolute Gasteiger partial charge is 0.262 e. The van der Waals surface area contributed by atoms with Crippen LogP contribution in [0.5, 0.6) is 0 Å². The monoisotopic (exact) mass is 451 g/mol. The third kappa shape index (κ3) is 3.80. The van der Waals surface area contributed by atoms with Crippen molar-refractivity contribution < 1.29 is 13.6 Å². The molecule has 1 fully saturated rings. The molecule has 0 bridgehead atoms. The number of aromatic nitrogens is 2. The molecule has 3 aromatic heterocycles. The highest BCUT2D eigenvalue weighted by Crippen LogP contribution is 2.35. The van der Waals surface area contributed by atoms with Crippen molar-refractivity contribution in [2.24, 2.45) is 0 Å². The van der Waals surface area contributed by atoms with Gasteiger partial charge in [-0.3, -0.25) is 4.79 Å². The van der Waals surface area contributed by atoms with E-state index < -0.39 is 0 Å². The molecule has 1 amide bonds. The Bertz CT molecular complexity index is 1250. The van der Waals surface area contributed by atoms with Gasteiger partial charge in [-0.15, -0.1) is 11.3 Å². The largest absolute Gasteiger partial charge is 0.467 e. The third-order valence-corrected chi connectivity index (χ3v) is 6.89. The Kier molecular flexibility index (Phi) is 5.48. The number of hydrogen-bond donors (Lipinski definition) is 1. The average molecular weight is 452 g/mol. The zero-order chi connectivity index (χ0) is 22.1. The van der Waals surface area contributed by atoms with Gasteiger partial charge in [-0.25, -0.2) is 14.4 Å². The van der Waals surface area contributed by atoms with Gasteiger partial charge in [0.15, 0.2) is 0 Å². The quantitative estimate of drug-likeness (QED) is 0.495. The lowest BCUT2D eigenvalue weighted by Crippen LogP contribution is -2.47. The normalized spacial score (nSPS) is 14.2. The van der Waals surface area contributed by atoms with E-state index in [0.717, 1.165) is 21.6 Å². The molecule has 9 heteroatoms. The Labute approximate surface area is 188 Å². The van der Waals surface area contributed by atoms with Crippen molar-refractivity contribution in [1.29, 1.82) is 0 Å². The molecule has 4 heterocycles. The number of benzene rings is 1. The third-order valence-electron chi connectivity index (χ3n) is 5.69. The maximum absolute atomic E-state index is 14.2. The van der Waals surface area contributed by atoms with Crippen LogP contribution in [0.15, 0.2) is 53.4 Å². The second-order valence-electron chi connectivity index (χ2n) is 7.62. The number of amides is 1. The molecular formula is C23H22FN5O2S. The SMILES string of the molecule is Cc1c(C(=O)NCc2ccco2)sc2ncnc(N3CCN(c4ccccc4F)CC3)c12. The number of para-hydroxylation sites is 1. The topological polar surface area (TPSA) is 74.5 Å². The van der Waals surface area contributed by atoms with Gasteiger partial charge in [-0.2, -0.15) is 0 Å². The number of halogens is 1. The minimum atomic E-state index is -0.204. The fraction of sp³-hybridized carbons (Fsp3) is 0.261. The Morgan fingerprint density at radius 3 is 2.66 bits per heavy atom. The number of aryl methyl sites for hydroxylation is 1. The van der Waals surface area contributed by atoms with E-state index in [9.17, 15) is 9.18 Å². The Morgan fingerprint density at radius 2 is 1.91 bits per heavy atom. The first-order valence-electron chi connectivity index (χ1n) is 10.4. The van der Waals surface area contributed by atoms with Crippen LogP contribution in [0.1, 0.15) is 21.0 Å². The van der Waals surface area contributed by atoms with Gasteiger partial charge in [0.25, 0.3) is 5.91 Å². The number of rotatable bonds is 5. The summed E-state index contributed by atoms with van der Waals surface area (Å²) in [6, 6.07) is 10.5. The number of nitrogens with one attached hydrogen (secondary N) is 1. The predicted molar refractivity (Wildman–Crippen MR) is 123 cm³/mol. The molecule has 164 valence electrons. The summed E-state index contributed by atoms with van der Waals surface area (Å²) < 4.78 is 19.5. The van der Waals surface area contributed by atoms with E-state index in [2.05, 4.69) is 25.1 Å². The maximum atomic E-state index is 14.2. The zero-order valence-electron chi connectivity index (χ0n) is 17.5. The summed E-state index contributed by atoms with van der Waals surface area (Å²) in [7, 11) is 0. The number of thiophene rings is 1. The van der Waals surface area contributed by atoms with E-state index in [-0.39, 0.29) is 11.7 Å². The summed E-state index contributed by atoms with van der Waals surface area (Å²) in [5.74, 6) is 1.16. The lowest BCUT2D eigenvalue weighted by molar-refractivity contribution is 0.0951. The van der Waals surface area contributed by atoms with Gasteiger partial charge in [-0.05, 0) is 36.8 Å². The first-order valence-corrected chi connectivity index (χ1v) is 11.2. The summed E-state index contributed by atoms with van der Waals surface area (Å²) in [6.45, 7) is 5.04. The minimum Gasteiger partial charge on any atom is -0.467 e. The molecule has 0 aliphatic carbocycles. The molecule has 1 aromatic carbocycles. The number of anilines is 2. The van der Waals surface area contributed by atoms with Gasteiger partial charge < -0.3 is 19.5 Å². The van der Waals surface area contributed by atoms with Crippen molar-refractivity contribution in [1.82, 2.24) is 15.3 Å². The lowest BCUT2D eigenvalue weighted by Gasteiger charge is -2.37. The molecular weight excluding hydrogens is 429 g/mol. The van der Waals surface area contributed by atoms with Gasteiger partial charge >= 0.3 is 0 Å². The Balaban J connectivity index is 1.36. The standard InChI is InChI=1S/C23H22FN5O2S/c1-15-19-21(29-10-8-28(9-11-29)18-7-3-2-6-17(18)24)26-14-27-23(19)32-20(15)22(30)25-13-16-5-4-12-31-16/h2-7,12,14H,8-11,13H2,1H3,(H,25,30). The van der Waals surface area contributed by atoms with Crippen LogP contribution in [0.2, 0.25) is 0 Å². The van der Waals surface area contributed by atoms with Crippen molar-refractivity contribution in [2.45, 2.75) is 13.5 Å². The van der Waals surface area contributed by atoms with Gasteiger partial charge in [0, 0.05) is 26.2 Å². The number of nitrogens with zero attached hydrogens (tertiary/aromatic N) is 4. The van der Waals surface area contributed by atoms with E-state index in [4.69, 9.17) is 4.42 Å². The van der Waals surface area contributed by atoms with Crippen LogP contribution >= 0.6 is 11.3 Å². The molecule has 0 spiro atoms. The summed E-state index contributed by atoms with van der Waals surface area (Å²) in [5, 5.41) is 3.81. The summed E-state index contributed by atoms with van der Waals surface area (Å²) >= 11 is 1.37. The van der Waals surface area contributed by atoms with Crippen LogP contribution in [0, 0.1) is 12.7 Å². The zero-order valence-corrected chi connectivity index (χ0v) is 18.4. The summed E-state index contributed by atoms with van der Waals surface area (Å²) in [6.07, 6.45) is 3.13. The van der Waals surface area contributed by atoms with Crippen molar-refractivity contribution in [3.05, 3.63) is 71.0 Å². The van der Waals surface area contributed by atoms with Gasteiger partial charge in [0.2, 0.25) is 0 Å². The van der Waals surface area contributed by atoms with Crippen molar-refractivity contribution in [2.75, 3.05) is 36.0 Å². The highest BCUT2D eigenvalue weighted by Gasteiger charge is 2.25. The van der Waals surface area contributed by atoms with Gasteiger partial charge in [0.05, 0.1) is 28.8 Å². The minimum absolute atomic E-state index is 0.155. The number of hydrogen-bond acceptors (Lipinski definition) is 7. The number of fused-ring (bicyclic) bond motifs is 1. The van der Waals surface area contributed by atoms with Crippen molar-refractivity contribution in [3.8, 4) is 0 Å². The molecule has 7 nitrogen and oxygen atoms in total. The molecule has 1 N–H and O–H groups in total. The van der Waals surface area contributed by atoms with E-state index >= 15 is 0 Å². The van der Waals surface area contributed by atoms with E-state index in [1.54, 1.807) is 24.7 Å². The molecule has 0 atom stereocenters. The van der Waals surface area contributed by atoms with Crippen LogP contribution in [0.3, 0.4) is 0 Å². The molecule has 1 aliphatic heterocycles. The van der Waals surface area contributed by atoms with Crippen LogP contribution < -0.4 is 15.1 Å². The predicted octanol–water partition coefficient (Wildman–Crippen LogP) is 3.99. The molecule has 0 radical (unpaired) electrons. The second-order valence-corrected chi connectivity index (χ2v) is 8.62. The average Bonchev–Trinajstić information content (AvgIpc) is 3.46.